The zero-order chi connectivity index (χ0) is 21.1. The maximum absolute atomic E-state index is 12.5. The Kier molecular flexibility index (Phi) is 6.50. The summed E-state index contributed by atoms with van der Waals surface area (Å²) >= 11 is 5.80. The molecule has 10 heteroatoms. The summed E-state index contributed by atoms with van der Waals surface area (Å²) in [5.41, 5.74) is 0.634. The minimum absolute atomic E-state index is 0.0199. The largest absolute Gasteiger partial charge is 0.482 e. The zero-order valence-electron chi connectivity index (χ0n) is 15.2. The summed E-state index contributed by atoms with van der Waals surface area (Å²) in [5.74, 6) is -1.16. The van der Waals surface area contributed by atoms with E-state index in [2.05, 4.69) is 10.3 Å². The lowest BCUT2D eigenvalue weighted by Gasteiger charge is -2.15. The van der Waals surface area contributed by atoms with Crippen LogP contribution in [0, 0.1) is 6.92 Å². The van der Waals surface area contributed by atoms with Crippen molar-refractivity contribution in [1.29, 1.82) is 0 Å². The number of pyridine rings is 1. The normalized spacial score (nSPS) is 11.1. The topological polar surface area (TPSA) is 71.5 Å². The summed E-state index contributed by atoms with van der Waals surface area (Å²) in [6.07, 6.45) is -4.54. The molecule has 0 aliphatic carbocycles. The summed E-state index contributed by atoms with van der Waals surface area (Å²) in [6, 6.07) is 6.72. The average Bonchev–Trinajstić information content (AvgIpc) is 2.60. The van der Waals surface area contributed by atoms with Gasteiger partial charge in [-0.15, -0.1) is 0 Å². The number of ether oxygens (including phenoxy) is 1. The van der Waals surface area contributed by atoms with Gasteiger partial charge >= 0.3 is 6.18 Å². The molecule has 0 bridgehead atoms. The van der Waals surface area contributed by atoms with E-state index in [4.69, 9.17) is 16.3 Å². The number of aromatic nitrogens is 1. The predicted molar refractivity (Wildman–Crippen MR) is 97.9 cm³/mol. The fourth-order valence-electron chi connectivity index (χ4n) is 2.22. The molecule has 1 aromatic heterocycles. The van der Waals surface area contributed by atoms with Gasteiger partial charge in [-0.3, -0.25) is 9.59 Å². The first-order valence-electron chi connectivity index (χ1n) is 7.97. The van der Waals surface area contributed by atoms with Crippen molar-refractivity contribution in [3.63, 3.8) is 0 Å². The molecule has 2 amide bonds. The number of nitrogens with zero attached hydrogens (tertiary/aromatic N) is 2. The second kappa shape index (κ2) is 8.47. The van der Waals surface area contributed by atoms with Gasteiger partial charge in [-0.25, -0.2) is 4.98 Å². The molecular weight excluding hydrogens is 399 g/mol. The van der Waals surface area contributed by atoms with E-state index in [-0.39, 0.29) is 39.3 Å². The van der Waals surface area contributed by atoms with Crippen molar-refractivity contribution in [3.8, 4) is 5.75 Å². The Morgan fingerprint density at radius 2 is 1.89 bits per heavy atom. The molecule has 6 nitrogen and oxygen atoms in total. The van der Waals surface area contributed by atoms with Crippen LogP contribution in [-0.2, 0) is 0 Å². The van der Waals surface area contributed by atoms with E-state index < -0.39 is 18.7 Å². The molecule has 0 aliphatic rings. The second-order valence-corrected chi connectivity index (χ2v) is 6.46. The van der Waals surface area contributed by atoms with Crippen LogP contribution < -0.4 is 10.1 Å². The number of rotatable bonds is 5. The predicted octanol–water partition coefficient (Wildman–Crippen LogP) is 3.94. The molecule has 150 valence electrons. The van der Waals surface area contributed by atoms with Crippen LogP contribution in [0.2, 0.25) is 5.02 Å². The van der Waals surface area contributed by atoms with Gasteiger partial charge < -0.3 is 15.0 Å². The fraction of sp³-hybridized carbons (Fsp3) is 0.278. The maximum Gasteiger partial charge on any atom is 0.422 e. The van der Waals surface area contributed by atoms with E-state index in [0.717, 1.165) is 0 Å². The highest BCUT2D eigenvalue weighted by molar-refractivity contribution is 6.30. The van der Waals surface area contributed by atoms with Crippen LogP contribution in [0.1, 0.15) is 26.5 Å². The molecule has 1 N–H and O–H groups in total. The fourth-order valence-corrected chi connectivity index (χ4v) is 2.38. The van der Waals surface area contributed by atoms with Gasteiger partial charge in [0.15, 0.2) is 6.61 Å². The molecule has 0 radical (unpaired) electrons. The third-order valence-electron chi connectivity index (χ3n) is 3.54. The van der Waals surface area contributed by atoms with Crippen LogP contribution in [0.15, 0.2) is 30.3 Å². The number of alkyl halides is 3. The molecule has 0 aliphatic heterocycles. The first kappa shape index (κ1) is 21.5. The number of hydrogen-bond donors (Lipinski definition) is 1. The lowest BCUT2D eigenvalue weighted by atomic mass is 10.1. The van der Waals surface area contributed by atoms with Gasteiger partial charge in [0.2, 0.25) is 0 Å². The van der Waals surface area contributed by atoms with Crippen LogP contribution >= 0.6 is 11.6 Å². The molecule has 1 heterocycles. The first-order chi connectivity index (χ1) is 13.0. The maximum atomic E-state index is 12.5. The number of halogens is 4. The lowest BCUT2D eigenvalue weighted by molar-refractivity contribution is -0.153. The third kappa shape index (κ3) is 5.59. The first-order valence-corrected chi connectivity index (χ1v) is 8.35. The number of carbonyl (C=O) groups excluding carboxylic acids is 2. The van der Waals surface area contributed by atoms with Crippen LogP contribution in [0.3, 0.4) is 0 Å². The zero-order valence-corrected chi connectivity index (χ0v) is 16.0. The van der Waals surface area contributed by atoms with E-state index in [1.807, 2.05) is 0 Å². The van der Waals surface area contributed by atoms with E-state index in [1.165, 1.54) is 35.2 Å². The Balaban J connectivity index is 2.24. The van der Waals surface area contributed by atoms with Crippen LogP contribution in [0.5, 0.6) is 5.75 Å². The van der Waals surface area contributed by atoms with Crippen molar-refractivity contribution in [1.82, 2.24) is 9.88 Å². The standard InChI is InChI=1S/C18H17ClF3N3O3/c1-10-12(5-7-14(23-10)17(27)25(2)3)16(26)24-13-6-4-11(19)8-15(13)28-9-18(20,21)22/h4-8H,9H2,1-3H3,(H,24,26). The Morgan fingerprint density at radius 1 is 1.21 bits per heavy atom. The third-order valence-corrected chi connectivity index (χ3v) is 3.77. The number of benzene rings is 1. The van der Waals surface area contributed by atoms with Gasteiger partial charge in [-0.2, -0.15) is 13.2 Å². The van der Waals surface area contributed by atoms with Crippen molar-refractivity contribution >= 4 is 29.1 Å². The highest BCUT2D eigenvalue weighted by atomic mass is 35.5. The number of carbonyl (C=O) groups is 2. The number of hydrogen-bond acceptors (Lipinski definition) is 4. The summed E-state index contributed by atoms with van der Waals surface area (Å²) in [5, 5.41) is 2.63. The van der Waals surface area contributed by atoms with Crippen molar-refractivity contribution in [2.75, 3.05) is 26.0 Å². The number of anilines is 1. The molecular formula is C18H17ClF3N3O3. The highest BCUT2D eigenvalue weighted by Crippen LogP contribution is 2.30. The summed E-state index contributed by atoms with van der Waals surface area (Å²) in [4.78, 5) is 29.9. The minimum atomic E-state index is -4.54. The molecule has 2 aromatic rings. The van der Waals surface area contributed by atoms with Gasteiger partial charge in [0.05, 0.1) is 16.9 Å². The summed E-state index contributed by atoms with van der Waals surface area (Å²) in [6.45, 7) is 0.0163. The number of aryl methyl sites for hydroxylation is 1. The number of amides is 2. The Bertz CT molecular complexity index is 901. The van der Waals surface area contributed by atoms with Crippen molar-refractivity contribution in [3.05, 3.63) is 52.3 Å². The van der Waals surface area contributed by atoms with E-state index in [9.17, 15) is 22.8 Å². The van der Waals surface area contributed by atoms with E-state index in [0.29, 0.717) is 0 Å². The molecule has 28 heavy (non-hydrogen) atoms. The highest BCUT2D eigenvalue weighted by Gasteiger charge is 2.29. The molecule has 0 fully saturated rings. The van der Waals surface area contributed by atoms with E-state index >= 15 is 0 Å². The number of nitrogens with one attached hydrogen (secondary N) is 1. The Morgan fingerprint density at radius 3 is 2.46 bits per heavy atom. The lowest BCUT2D eigenvalue weighted by Crippen LogP contribution is -2.24. The summed E-state index contributed by atoms with van der Waals surface area (Å²) < 4.78 is 42.0. The minimum Gasteiger partial charge on any atom is -0.482 e. The molecule has 1 aromatic carbocycles. The quantitative estimate of drug-likeness (QED) is 0.803. The van der Waals surface area contributed by atoms with Gasteiger partial charge in [0.25, 0.3) is 11.8 Å². The molecule has 2 rings (SSSR count). The van der Waals surface area contributed by atoms with Gasteiger partial charge in [0, 0.05) is 25.2 Å². The summed E-state index contributed by atoms with van der Waals surface area (Å²) in [7, 11) is 3.14. The Hall–Kier alpha value is -2.81. The van der Waals surface area contributed by atoms with Crippen molar-refractivity contribution < 1.29 is 27.5 Å². The van der Waals surface area contributed by atoms with Gasteiger partial charge in [0.1, 0.15) is 11.4 Å². The van der Waals surface area contributed by atoms with Gasteiger partial charge in [-0.05, 0) is 31.2 Å². The average molecular weight is 416 g/mol. The SMILES string of the molecule is Cc1nc(C(=O)N(C)C)ccc1C(=O)Nc1ccc(Cl)cc1OCC(F)(F)F. The Labute approximate surface area is 164 Å². The second-order valence-electron chi connectivity index (χ2n) is 6.03. The molecule has 0 unspecified atom stereocenters. The molecule has 0 saturated carbocycles. The van der Waals surface area contributed by atoms with Crippen LogP contribution in [0.4, 0.5) is 18.9 Å². The van der Waals surface area contributed by atoms with Gasteiger partial charge in [-0.1, -0.05) is 11.6 Å². The van der Waals surface area contributed by atoms with Crippen LogP contribution in [-0.4, -0.2) is 48.6 Å². The molecule has 0 atom stereocenters. The monoisotopic (exact) mass is 415 g/mol. The van der Waals surface area contributed by atoms with Crippen molar-refractivity contribution in [2.24, 2.45) is 0 Å². The van der Waals surface area contributed by atoms with Crippen LogP contribution in [0.25, 0.3) is 0 Å². The molecule has 0 saturated heterocycles. The van der Waals surface area contributed by atoms with Crippen molar-refractivity contribution in [2.45, 2.75) is 13.1 Å². The smallest absolute Gasteiger partial charge is 0.422 e. The van der Waals surface area contributed by atoms with E-state index in [1.54, 1.807) is 21.0 Å². The molecule has 0 spiro atoms.